The maximum atomic E-state index is 13.2. The molecular weight excluding hydrogens is 358 g/mol. The Bertz CT molecular complexity index is 866. The average molecular weight is 380 g/mol. The fourth-order valence-electron chi connectivity index (χ4n) is 3.40. The minimum atomic E-state index is -3.58. The molecule has 0 bridgehead atoms. The van der Waals surface area contributed by atoms with Crippen LogP contribution in [0.3, 0.4) is 0 Å². The van der Waals surface area contributed by atoms with Gasteiger partial charge < -0.3 is 10.5 Å². The molecule has 0 heterocycles. The number of hydrogen-bond acceptors (Lipinski definition) is 4. The van der Waals surface area contributed by atoms with Crippen molar-refractivity contribution in [2.45, 2.75) is 35.4 Å². The molecule has 2 N–H and O–H groups in total. The summed E-state index contributed by atoms with van der Waals surface area (Å²) in [5.41, 5.74) is 7.39. The summed E-state index contributed by atoms with van der Waals surface area (Å²) in [5.74, 6) is -0.343. The summed E-state index contributed by atoms with van der Waals surface area (Å²) in [5, 5.41) is -0.164. The highest BCUT2D eigenvalue weighted by Crippen LogP contribution is 2.56. The standard InChI is InChI=1S/C19H22ClNO3S/c1-3-24-12-19(21)17(14-5-4-6-15(20)11-14)18(19)25(22,23)16-9-7-13(2)8-10-16/h4-11,17-18H,3,12,21H2,1-2H3/t17-,18-,19-/m0/s1. The van der Waals surface area contributed by atoms with Gasteiger partial charge >= 0.3 is 0 Å². The number of rotatable bonds is 6. The highest BCUT2D eigenvalue weighted by Gasteiger charge is 2.69. The number of ether oxygens (including phenoxy) is 1. The van der Waals surface area contributed by atoms with Crippen LogP contribution in [0.1, 0.15) is 24.0 Å². The Morgan fingerprint density at radius 3 is 2.48 bits per heavy atom. The van der Waals surface area contributed by atoms with Crippen molar-refractivity contribution < 1.29 is 13.2 Å². The third-order valence-electron chi connectivity index (χ3n) is 4.75. The second-order valence-corrected chi connectivity index (χ2v) is 9.07. The van der Waals surface area contributed by atoms with Gasteiger partial charge in [-0.2, -0.15) is 0 Å². The smallest absolute Gasteiger partial charge is 0.183 e. The molecule has 0 unspecified atom stereocenters. The van der Waals surface area contributed by atoms with E-state index in [9.17, 15) is 8.42 Å². The minimum absolute atomic E-state index is 0.191. The molecular formula is C19H22ClNO3S. The summed E-state index contributed by atoms with van der Waals surface area (Å²) >= 11 is 6.09. The first kappa shape index (κ1) is 18.4. The van der Waals surface area contributed by atoms with Crippen molar-refractivity contribution in [3.8, 4) is 0 Å². The Kier molecular flexibility index (Phi) is 4.95. The van der Waals surface area contributed by atoms with Crippen LogP contribution in [0, 0.1) is 6.92 Å². The lowest BCUT2D eigenvalue weighted by atomic mass is 10.1. The fraction of sp³-hybridized carbons (Fsp3) is 0.368. The molecule has 0 aromatic heterocycles. The second kappa shape index (κ2) is 6.72. The fourth-order valence-corrected chi connectivity index (χ4v) is 5.89. The molecule has 3 atom stereocenters. The van der Waals surface area contributed by atoms with Crippen LogP contribution in [0.2, 0.25) is 5.02 Å². The number of sulfone groups is 1. The van der Waals surface area contributed by atoms with Crippen molar-refractivity contribution in [2.24, 2.45) is 5.73 Å². The molecule has 25 heavy (non-hydrogen) atoms. The van der Waals surface area contributed by atoms with E-state index in [0.29, 0.717) is 16.5 Å². The van der Waals surface area contributed by atoms with Crippen molar-refractivity contribution in [3.63, 3.8) is 0 Å². The summed E-state index contributed by atoms with van der Waals surface area (Å²) in [6, 6.07) is 14.1. The molecule has 0 radical (unpaired) electrons. The van der Waals surface area contributed by atoms with Gasteiger partial charge in [0.25, 0.3) is 0 Å². The van der Waals surface area contributed by atoms with Crippen molar-refractivity contribution in [3.05, 3.63) is 64.7 Å². The van der Waals surface area contributed by atoms with E-state index in [1.807, 2.05) is 26.0 Å². The summed E-state index contributed by atoms with van der Waals surface area (Å²) in [4.78, 5) is 0.291. The van der Waals surface area contributed by atoms with Gasteiger partial charge in [0.2, 0.25) is 0 Å². The average Bonchev–Trinajstić information content (AvgIpc) is 3.20. The molecule has 134 valence electrons. The van der Waals surface area contributed by atoms with Crippen molar-refractivity contribution in [1.82, 2.24) is 0 Å². The van der Waals surface area contributed by atoms with Gasteiger partial charge in [-0.15, -0.1) is 0 Å². The van der Waals surface area contributed by atoms with Gasteiger partial charge in [0.15, 0.2) is 9.84 Å². The molecule has 4 nitrogen and oxygen atoms in total. The molecule has 2 aromatic rings. The third kappa shape index (κ3) is 3.34. The molecule has 1 aliphatic carbocycles. The van der Waals surface area contributed by atoms with Crippen LogP contribution in [0.25, 0.3) is 0 Å². The SMILES string of the molecule is CCOC[C@]1(N)[C@@H](c2cccc(Cl)c2)[C@@H]1S(=O)(=O)c1ccc(C)cc1. The Morgan fingerprint density at radius 2 is 1.88 bits per heavy atom. The van der Waals surface area contributed by atoms with E-state index in [1.165, 1.54) is 0 Å². The van der Waals surface area contributed by atoms with Crippen LogP contribution >= 0.6 is 11.6 Å². The van der Waals surface area contributed by atoms with Gasteiger partial charge in [-0.25, -0.2) is 8.42 Å². The predicted octanol–water partition coefficient (Wildman–Crippen LogP) is 3.32. The van der Waals surface area contributed by atoms with Gasteiger partial charge in [0, 0.05) is 17.5 Å². The topological polar surface area (TPSA) is 69.4 Å². The molecule has 1 aliphatic rings. The largest absolute Gasteiger partial charge is 0.380 e. The quantitative estimate of drug-likeness (QED) is 0.835. The van der Waals surface area contributed by atoms with Gasteiger partial charge in [-0.05, 0) is 43.7 Å². The predicted molar refractivity (Wildman–Crippen MR) is 99.8 cm³/mol. The van der Waals surface area contributed by atoms with Gasteiger partial charge in [0.05, 0.1) is 22.3 Å². The number of benzene rings is 2. The van der Waals surface area contributed by atoms with Crippen molar-refractivity contribution >= 4 is 21.4 Å². The Morgan fingerprint density at radius 1 is 1.20 bits per heavy atom. The van der Waals surface area contributed by atoms with E-state index in [4.69, 9.17) is 22.1 Å². The Labute approximate surface area is 153 Å². The molecule has 3 rings (SSSR count). The number of halogens is 1. The zero-order valence-corrected chi connectivity index (χ0v) is 15.8. The zero-order valence-electron chi connectivity index (χ0n) is 14.3. The van der Waals surface area contributed by atoms with Crippen LogP contribution in [0.4, 0.5) is 0 Å². The first-order chi connectivity index (χ1) is 11.8. The van der Waals surface area contributed by atoms with Gasteiger partial charge in [-0.3, -0.25) is 0 Å². The molecule has 1 fully saturated rings. The molecule has 0 spiro atoms. The first-order valence-electron chi connectivity index (χ1n) is 8.23. The van der Waals surface area contributed by atoms with E-state index in [-0.39, 0.29) is 12.5 Å². The molecule has 1 saturated carbocycles. The lowest BCUT2D eigenvalue weighted by Crippen LogP contribution is -2.36. The van der Waals surface area contributed by atoms with Crippen LogP contribution in [-0.4, -0.2) is 32.4 Å². The Hall–Kier alpha value is -1.40. The summed E-state index contributed by atoms with van der Waals surface area (Å²) in [6.07, 6.45) is 0. The summed E-state index contributed by atoms with van der Waals surface area (Å²) < 4.78 is 31.9. The van der Waals surface area contributed by atoms with Crippen molar-refractivity contribution in [1.29, 1.82) is 0 Å². The highest BCUT2D eigenvalue weighted by atomic mass is 35.5. The maximum Gasteiger partial charge on any atom is 0.183 e. The van der Waals surface area contributed by atoms with Crippen LogP contribution < -0.4 is 5.73 Å². The normalized spacial score (nSPS) is 25.8. The van der Waals surface area contributed by atoms with E-state index < -0.39 is 20.6 Å². The molecule has 0 amide bonds. The number of hydrogen-bond donors (Lipinski definition) is 1. The maximum absolute atomic E-state index is 13.2. The molecule has 6 heteroatoms. The van der Waals surface area contributed by atoms with E-state index in [2.05, 4.69) is 0 Å². The van der Waals surface area contributed by atoms with E-state index >= 15 is 0 Å². The monoisotopic (exact) mass is 379 g/mol. The van der Waals surface area contributed by atoms with Crippen molar-refractivity contribution in [2.75, 3.05) is 13.2 Å². The molecule has 0 saturated heterocycles. The third-order valence-corrected chi connectivity index (χ3v) is 7.29. The van der Waals surface area contributed by atoms with Crippen LogP contribution in [0.5, 0.6) is 0 Å². The molecule has 2 aromatic carbocycles. The van der Waals surface area contributed by atoms with Crippen LogP contribution in [0.15, 0.2) is 53.4 Å². The Balaban J connectivity index is 2.01. The van der Waals surface area contributed by atoms with E-state index in [1.54, 1.807) is 36.4 Å². The molecule has 0 aliphatic heterocycles. The summed E-state index contributed by atoms with van der Waals surface area (Å²) in [7, 11) is -3.58. The zero-order chi connectivity index (χ0) is 18.2. The number of aryl methyl sites for hydroxylation is 1. The minimum Gasteiger partial charge on any atom is -0.380 e. The van der Waals surface area contributed by atoms with Gasteiger partial charge in [0.1, 0.15) is 0 Å². The van der Waals surface area contributed by atoms with Gasteiger partial charge in [-0.1, -0.05) is 41.4 Å². The second-order valence-electron chi connectivity index (χ2n) is 6.56. The lowest BCUT2D eigenvalue weighted by Gasteiger charge is -2.12. The highest BCUT2D eigenvalue weighted by molar-refractivity contribution is 7.92. The summed E-state index contributed by atoms with van der Waals surface area (Å²) in [6.45, 7) is 4.46. The lowest BCUT2D eigenvalue weighted by molar-refractivity contribution is 0.125. The first-order valence-corrected chi connectivity index (χ1v) is 10.2. The number of nitrogens with two attached hydrogens (primary N) is 1. The van der Waals surface area contributed by atoms with E-state index in [0.717, 1.165) is 11.1 Å². The van der Waals surface area contributed by atoms with Crippen LogP contribution in [-0.2, 0) is 14.6 Å².